The van der Waals surface area contributed by atoms with E-state index in [0.717, 1.165) is 44.6 Å². The lowest BCUT2D eigenvalue weighted by Gasteiger charge is -2.29. The van der Waals surface area contributed by atoms with E-state index in [1.165, 1.54) is 12.8 Å². The van der Waals surface area contributed by atoms with E-state index in [0.29, 0.717) is 12.6 Å². The summed E-state index contributed by atoms with van der Waals surface area (Å²) in [7, 11) is 0. The standard InChI is InChI=1S/C16H29NO3/c1-12-5-3-6-15(11-12)20-13(2)16(18)17-9-8-14-7-4-10-19-14/h12-15H,3-11H2,1-2H3,(H,17,18)/t12-,13-,14-,15+/m0/s1. The SMILES string of the molecule is C[C@H]1CCC[C@@H](O[C@@H](C)C(=O)NCC[C@@H]2CCCO2)C1. The zero-order valence-electron chi connectivity index (χ0n) is 12.9. The van der Waals surface area contributed by atoms with Gasteiger partial charge in [0.15, 0.2) is 0 Å². The fraction of sp³-hybridized carbons (Fsp3) is 0.938. The lowest BCUT2D eigenvalue weighted by Crippen LogP contribution is -2.38. The maximum Gasteiger partial charge on any atom is 0.248 e. The first-order valence-electron chi connectivity index (χ1n) is 8.20. The van der Waals surface area contributed by atoms with Crippen LogP contribution in [0.25, 0.3) is 0 Å². The molecule has 4 atom stereocenters. The van der Waals surface area contributed by atoms with Gasteiger partial charge in [-0.15, -0.1) is 0 Å². The van der Waals surface area contributed by atoms with Crippen molar-refractivity contribution in [2.75, 3.05) is 13.2 Å². The molecule has 1 saturated heterocycles. The molecule has 0 aromatic rings. The molecule has 0 unspecified atom stereocenters. The summed E-state index contributed by atoms with van der Waals surface area (Å²) < 4.78 is 11.4. The van der Waals surface area contributed by atoms with Gasteiger partial charge >= 0.3 is 0 Å². The Kier molecular flexibility index (Phi) is 6.30. The van der Waals surface area contributed by atoms with Crippen molar-refractivity contribution in [3.05, 3.63) is 0 Å². The predicted molar refractivity (Wildman–Crippen MR) is 78.6 cm³/mol. The molecule has 1 heterocycles. The van der Waals surface area contributed by atoms with Gasteiger partial charge in [0, 0.05) is 13.2 Å². The van der Waals surface area contributed by atoms with Crippen molar-refractivity contribution >= 4 is 5.91 Å². The molecule has 4 heteroatoms. The van der Waals surface area contributed by atoms with E-state index in [2.05, 4.69) is 12.2 Å². The zero-order valence-corrected chi connectivity index (χ0v) is 12.9. The number of nitrogens with one attached hydrogen (secondary N) is 1. The third kappa shape index (κ3) is 5.06. The van der Waals surface area contributed by atoms with Gasteiger partial charge in [-0.05, 0) is 44.9 Å². The number of carbonyl (C=O) groups is 1. The molecule has 1 N–H and O–H groups in total. The molecule has 1 amide bonds. The molecule has 2 rings (SSSR count). The van der Waals surface area contributed by atoms with Crippen molar-refractivity contribution in [2.45, 2.75) is 77.1 Å². The van der Waals surface area contributed by atoms with Crippen molar-refractivity contribution in [2.24, 2.45) is 5.92 Å². The second-order valence-electron chi connectivity index (χ2n) is 6.39. The average molecular weight is 283 g/mol. The largest absolute Gasteiger partial charge is 0.378 e. The van der Waals surface area contributed by atoms with Crippen LogP contribution in [-0.4, -0.2) is 37.4 Å². The Labute approximate surface area is 122 Å². The van der Waals surface area contributed by atoms with E-state index >= 15 is 0 Å². The van der Waals surface area contributed by atoms with Crippen LogP contribution in [0.15, 0.2) is 0 Å². The topological polar surface area (TPSA) is 47.6 Å². The Morgan fingerprint density at radius 3 is 2.90 bits per heavy atom. The van der Waals surface area contributed by atoms with Crippen molar-refractivity contribution < 1.29 is 14.3 Å². The summed E-state index contributed by atoms with van der Waals surface area (Å²) in [5.41, 5.74) is 0. The number of hydrogen-bond donors (Lipinski definition) is 1. The monoisotopic (exact) mass is 283 g/mol. The average Bonchev–Trinajstić information content (AvgIpc) is 2.91. The Morgan fingerprint density at radius 2 is 2.20 bits per heavy atom. The van der Waals surface area contributed by atoms with Crippen LogP contribution in [-0.2, 0) is 14.3 Å². The third-order valence-corrected chi connectivity index (χ3v) is 4.44. The molecule has 1 aliphatic carbocycles. The van der Waals surface area contributed by atoms with Gasteiger partial charge in [-0.2, -0.15) is 0 Å². The molecular weight excluding hydrogens is 254 g/mol. The summed E-state index contributed by atoms with van der Waals surface area (Å²) in [6.45, 7) is 5.69. The summed E-state index contributed by atoms with van der Waals surface area (Å²) in [6.07, 6.45) is 8.16. The molecule has 0 aromatic heterocycles. The van der Waals surface area contributed by atoms with Crippen LogP contribution < -0.4 is 5.32 Å². The smallest absolute Gasteiger partial charge is 0.248 e. The normalized spacial score (nSPS) is 32.0. The summed E-state index contributed by atoms with van der Waals surface area (Å²) in [5.74, 6) is 0.741. The molecule has 2 fully saturated rings. The maximum absolute atomic E-state index is 12.0. The number of ether oxygens (including phenoxy) is 2. The van der Waals surface area contributed by atoms with Gasteiger partial charge in [-0.25, -0.2) is 0 Å². The second-order valence-corrected chi connectivity index (χ2v) is 6.39. The van der Waals surface area contributed by atoms with Crippen molar-refractivity contribution in [1.82, 2.24) is 5.32 Å². The van der Waals surface area contributed by atoms with Crippen LogP contribution in [0.1, 0.15) is 58.8 Å². The highest BCUT2D eigenvalue weighted by Gasteiger charge is 2.24. The Bertz CT molecular complexity index is 302. The van der Waals surface area contributed by atoms with Crippen LogP contribution in [0.4, 0.5) is 0 Å². The van der Waals surface area contributed by atoms with Gasteiger partial charge in [-0.1, -0.05) is 19.8 Å². The van der Waals surface area contributed by atoms with Gasteiger partial charge in [0.05, 0.1) is 12.2 Å². The molecule has 116 valence electrons. The first kappa shape index (κ1) is 15.8. The molecule has 0 spiro atoms. The van der Waals surface area contributed by atoms with Gasteiger partial charge in [0.25, 0.3) is 0 Å². The Hall–Kier alpha value is -0.610. The molecule has 1 aliphatic heterocycles. The third-order valence-electron chi connectivity index (χ3n) is 4.44. The van der Waals surface area contributed by atoms with Crippen LogP contribution in [0.2, 0.25) is 0 Å². The summed E-state index contributed by atoms with van der Waals surface area (Å²) in [5, 5.41) is 2.97. The number of rotatable bonds is 6. The van der Waals surface area contributed by atoms with Crippen molar-refractivity contribution in [3.63, 3.8) is 0 Å². The fourth-order valence-electron chi connectivity index (χ4n) is 3.22. The highest BCUT2D eigenvalue weighted by molar-refractivity contribution is 5.80. The minimum atomic E-state index is -0.338. The van der Waals surface area contributed by atoms with Gasteiger partial charge in [0.2, 0.25) is 5.91 Å². The van der Waals surface area contributed by atoms with E-state index in [-0.39, 0.29) is 18.1 Å². The molecule has 0 aromatic carbocycles. The van der Waals surface area contributed by atoms with E-state index in [1.54, 1.807) is 0 Å². The van der Waals surface area contributed by atoms with Crippen LogP contribution in [0, 0.1) is 5.92 Å². The summed E-state index contributed by atoms with van der Waals surface area (Å²) >= 11 is 0. The minimum absolute atomic E-state index is 0.0150. The molecule has 0 bridgehead atoms. The maximum atomic E-state index is 12.0. The van der Waals surface area contributed by atoms with E-state index in [4.69, 9.17) is 9.47 Å². The van der Waals surface area contributed by atoms with Crippen LogP contribution >= 0.6 is 0 Å². The highest BCUT2D eigenvalue weighted by atomic mass is 16.5. The van der Waals surface area contributed by atoms with E-state index < -0.39 is 0 Å². The number of amides is 1. The van der Waals surface area contributed by atoms with Gasteiger partial charge in [-0.3, -0.25) is 4.79 Å². The van der Waals surface area contributed by atoms with Crippen LogP contribution in [0.5, 0.6) is 0 Å². The van der Waals surface area contributed by atoms with Crippen molar-refractivity contribution in [3.8, 4) is 0 Å². The zero-order chi connectivity index (χ0) is 14.4. The van der Waals surface area contributed by atoms with E-state index in [1.807, 2.05) is 6.92 Å². The van der Waals surface area contributed by atoms with Crippen LogP contribution in [0.3, 0.4) is 0 Å². The molecule has 1 saturated carbocycles. The molecule has 4 nitrogen and oxygen atoms in total. The number of carbonyl (C=O) groups excluding carboxylic acids is 1. The summed E-state index contributed by atoms with van der Waals surface area (Å²) in [4.78, 5) is 12.0. The molecule has 20 heavy (non-hydrogen) atoms. The lowest BCUT2D eigenvalue weighted by atomic mass is 9.88. The first-order valence-corrected chi connectivity index (χ1v) is 8.20. The summed E-state index contributed by atoms with van der Waals surface area (Å²) in [6, 6.07) is 0. The second kappa shape index (κ2) is 7.99. The highest BCUT2D eigenvalue weighted by Crippen LogP contribution is 2.26. The fourth-order valence-corrected chi connectivity index (χ4v) is 3.22. The Balaban J connectivity index is 1.61. The molecule has 0 radical (unpaired) electrons. The van der Waals surface area contributed by atoms with E-state index in [9.17, 15) is 4.79 Å². The molecule has 2 aliphatic rings. The minimum Gasteiger partial charge on any atom is -0.378 e. The Morgan fingerprint density at radius 1 is 1.35 bits per heavy atom. The quantitative estimate of drug-likeness (QED) is 0.815. The van der Waals surface area contributed by atoms with Crippen molar-refractivity contribution in [1.29, 1.82) is 0 Å². The number of hydrogen-bond acceptors (Lipinski definition) is 3. The lowest BCUT2D eigenvalue weighted by molar-refractivity contribution is -0.137. The van der Waals surface area contributed by atoms with Gasteiger partial charge in [0.1, 0.15) is 6.10 Å². The van der Waals surface area contributed by atoms with Gasteiger partial charge < -0.3 is 14.8 Å². The first-order chi connectivity index (χ1) is 9.65. The molecular formula is C16H29NO3. The predicted octanol–water partition coefficient (Wildman–Crippen LogP) is 2.66.